The van der Waals surface area contributed by atoms with Crippen LogP contribution in [0.3, 0.4) is 0 Å². The lowest BCUT2D eigenvalue weighted by Gasteiger charge is -2.22. The van der Waals surface area contributed by atoms with Crippen LogP contribution in [0.1, 0.15) is 54.6 Å². The van der Waals surface area contributed by atoms with Gasteiger partial charge in [0.2, 0.25) is 0 Å². The zero-order valence-electron chi connectivity index (χ0n) is 30.1. The molecule has 288 valence electrons. The molecule has 11 nitrogen and oxygen atoms in total. The first-order valence-electron chi connectivity index (χ1n) is 16.4. The van der Waals surface area contributed by atoms with Crippen LogP contribution < -0.4 is 5.32 Å². The van der Waals surface area contributed by atoms with Gasteiger partial charge in [0.1, 0.15) is 35.9 Å². The van der Waals surface area contributed by atoms with Gasteiger partial charge >= 0.3 is 5.97 Å². The smallest absolute Gasteiger partial charge is 0.335 e. The fourth-order valence-electron chi connectivity index (χ4n) is 4.81. The first-order chi connectivity index (χ1) is 26.1. The summed E-state index contributed by atoms with van der Waals surface area (Å²) in [6.45, 7) is 4.59. The molecule has 6 rings (SSSR count). The largest absolute Gasteiger partial charge is 0.478 e. The van der Waals surface area contributed by atoms with Crippen molar-refractivity contribution in [2.24, 2.45) is 14.1 Å². The molecule has 2 heterocycles. The van der Waals surface area contributed by atoms with Crippen molar-refractivity contribution in [2.45, 2.75) is 40.0 Å². The first-order valence-corrected chi connectivity index (χ1v) is 18.0. The van der Waals surface area contributed by atoms with E-state index in [4.69, 9.17) is 5.11 Å². The van der Waals surface area contributed by atoms with Crippen molar-refractivity contribution in [1.29, 1.82) is 0 Å². The highest BCUT2D eigenvalue weighted by Gasteiger charge is 2.21. The summed E-state index contributed by atoms with van der Waals surface area (Å²) >= 11 is 6.71. The maximum atomic E-state index is 14.1. The zero-order chi connectivity index (χ0) is 40.2. The van der Waals surface area contributed by atoms with Gasteiger partial charge in [-0.05, 0) is 67.4 Å². The number of halogens is 6. The number of rotatable bonds is 10. The minimum Gasteiger partial charge on any atom is -0.478 e. The number of carbonyl (C=O) groups is 2. The predicted octanol–water partition coefficient (Wildman–Crippen LogP) is 7.85. The van der Waals surface area contributed by atoms with Gasteiger partial charge in [-0.1, -0.05) is 50.1 Å². The summed E-state index contributed by atoms with van der Waals surface area (Å²) in [6, 6.07) is 17.0. The van der Waals surface area contributed by atoms with Crippen molar-refractivity contribution in [3.8, 4) is 0 Å². The Kier molecular flexibility index (Phi) is 15.4. The van der Waals surface area contributed by atoms with Crippen LogP contribution in [-0.2, 0) is 40.3 Å². The monoisotopic (exact) mass is 886 g/mol. The number of aromatic carboxylic acids is 1. The average molecular weight is 889 g/mol. The van der Waals surface area contributed by atoms with E-state index in [-0.39, 0.29) is 24.6 Å². The molecule has 0 atom stereocenters. The normalized spacial score (nSPS) is 10.6. The lowest BCUT2D eigenvalue weighted by Crippen LogP contribution is -2.31. The molecule has 0 bridgehead atoms. The van der Waals surface area contributed by atoms with Gasteiger partial charge in [-0.15, -0.1) is 0 Å². The average Bonchev–Trinajstić information content (AvgIpc) is 3.75. The second-order valence-electron chi connectivity index (χ2n) is 12.1. The number of hydrogen-bond donors (Lipinski definition) is 2. The minimum absolute atomic E-state index is 0.0330. The molecule has 17 heteroatoms. The number of aromatic nitrogens is 6. The van der Waals surface area contributed by atoms with Crippen molar-refractivity contribution >= 4 is 43.7 Å². The van der Waals surface area contributed by atoms with Gasteiger partial charge in [-0.2, -0.15) is 10.2 Å². The molecular weight excluding hydrogens is 852 g/mol. The summed E-state index contributed by atoms with van der Waals surface area (Å²) < 4.78 is 58.1. The number of nitrogens with zero attached hydrogens (tertiary/aromatic N) is 7. The lowest BCUT2D eigenvalue weighted by atomic mass is 10.1. The Bertz CT molecular complexity index is 2270. The summed E-state index contributed by atoms with van der Waals surface area (Å²) in [6.07, 6.45) is 3.12. The van der Waals surface area contributed by atoms with Gasteiger partial charge in [-0.25, -0.2) is 32.3 Å². The van der Waals surface area contributed by atoms with Crippen LogP contribution in [-0.4, -0.2) is 51.4 Å². The Morgan fingerprint density at radius 3 is 1.80 bits per heavy atom. The number of carbonyl (C=O) groups excluding carboxylic acids is 1. The van der Waals surface area contributed by atoms with Gasteiger partial charge < -0.3 is 15.3 Å². The number of carboxylic acid groups (broad SMARTS) is 1. The van der Waals surface area contributed by atoms with Gasteiger partial charge in [0, 0.05) is 65.0 Å². The molecule has 0 aliphatic carbocycles. The highest BCUT2D eigenvalue weighted by Crippen LogP contribution is 2.21. The maximum Gasteiger partial charge on any atom is 0.335 e. The molecule has 2 aromatic heterocycles. The van der Waals surface area contributed by atoms with E-state index in [1.165, 1.54) is 40.2 Å². The van der Waals surface area contributed by atoms with Crippen molar-refractivity contribution < 1.29 is 32.3 Å². The van der Waals surface area contributed by atoms with Crippen LogP contribution in [0.5, 0.6) is 0 Å². The minimum atomic E-state index is -0.888. The van der Waals surface area contributed by atoms with E-state index in [1.807, 2.05) is 19.9 Å². The van der Waals surface area contributed by atoms with Crippen LogP contribution in [0, 0.1) is 37.1 Å². The highest BCUT2D eigenvalue weighted by atomic mass is 79.9. The summed E-state index contributed by atoms with van der Waals surface area (Å²) in [5.74, 6) is -2.61. The van der Waals surface area contributed by atoms with Gasteiger partial charge in [0.15, 0.2) is 11.6 Å². The number of amides is 1. The van der Waals surface area contributed by atoms with Crippen LogP contribution in [0.15, 0.2) is 94.4 Å². The van der Waals surface area contributed by atoms with E-state index in [9.17, 15) is 27.2 Å². The molecule has 0 saturated carbocycles. The fraction of sp³-hybridized carbons (Fsp3) is 0.211. The second kappa shape index (κ2) is 19.9. The molecule has 0 saturated heterocycles. The zero-order valence-corrected chi connectivity index (χ0v) is 33.2. The Morgan fingerprint density at radius 2 is 1.27 bits per heavy atom. The summed E-state index contributed by atoms with van der Waals surface area (Å²) in [4.78, 5) is 33.1. The molecule has 0 unspecified atom stereocenters. The van der Waals surface area contributed by atoms with Crippen molar-refractivity contribution in [1.82, 2.24) is 39.7 Å². The number of nitrogens with one attached hydrogen (secondary N) is 1. The van der Waals surface area contributed by atoms with Gasteiger partial charge in [0.25, 0.3) is 5.91 Å². The Morgan fingerprint density at radius 1 is 0.691 bits per heavy atom. The van der Waals surface area contributed by atoms with E-state index in [2.05, 4.69) is 57.3 Å². The Labute approximate surface area is 331 Å². The Hall–Kier alpha value is -5.26. The summed E-state index contributed by atoms with van der Waals surface area (Å²) in [5, 5.41) is 19.8. The predicted molar refractivity (Wildman–Crippen MR) is 204 cm³/mol. The van der Waals surface area contributed by atoms with Gasteiger partial charge in [0.05, 0.1) is 18.7 Å². The Balaban J connectivity index is 0.000000204. The quantitative estimate of drug-likeness (QED) is 0.133. The van der Waals surface area contributed by atoms with Crippen molar-refractivity contribution in [3.05, 3.63) is 163 Å². The van der Waals surface area contributed by atoms with Crippen LogP contribution in [0.2, 0.25) is 0 Å². The molecule has 0 fully saturated rings. The topological polar surface area (TPSA) is 131 Å². The number of benzene rings is 4. The third-order valence-electron chi connectivity index (χ3n) is 7.73. The molecule has 0 spiro atoms. The number of carboxylic acids is 1. The fourth-order valence-corrected chi connectivity index (χ4v) is 5.43. The molecule has 2 N–H and O–H groups in total. The van der Waals surface area contributed by atoms with Crippen molar-refractivity contribution in [3.63, 3.8) is 0 Å². The maximum absolute atomic E-state index is 14.1. The van der Waals surface area contributed by atoms with E-state index in [0.717, 1.165) is 32.2 Å². The molecule has 6 aromatic rings. The SMILES string of the molecule is Cc1cc(C(=O)O)ccc1Br.Cc1ccc(C(=O)N(Cc2ncn(C)n2)Cc2ccc(F)cc2F)cc1Br.Cn1cnc(CNCc2ccc(F)cc2F)n1. The second-order valence-corrected chi connectivity index (χ2v) is 13.8. The molecule has 0 aliphatic rings. The van der Waals surface area contributed by atoms with E-state index in [0.29, 0.717) is 41.4 Å². The van der Waals surface area contributed by atoms with Crippen molar-refractivity contribution in [2.75, 3.05) is 0 Å². The van der Waals surface area contributed by atoms with E-state index < -0.39 is 29.2 Å². The highest BCUT2D eigenvalue weighted by molar-refractivity contribution is 9.10. The molecule has 1 amide bonds. The molecule has 55 heavy (non-hydrogen) atoms. The van der Waals surface area contributed by atoms with E-state index >= 15 is 0 Å². The molecule has 4 aromatic carbocycles. The third kappa shape index (κ3) is 12.9. The summed E-state index contributed by atoms with van der Waals surface area (Å²) in [7, 11) is 3.50. The van der Waals surface area contributed by atoms with Crippen LogP contribution in [0.4, 0.5) is 17.6 Å². The molecular formula is C38H36Br2F4N8O3. The summed E-state index contributed by atoms with van der Waals surface area (Å²) in [5.41, 5.74) is 3.34. The molecule has 0 radical (unpaired) electrons. The third-order valence-corrected chi connectivity index (χ3v) is 9.47. The number of hydrogen-bond acceptors (Lipinski definition) is 7. The van der Waals surface area contributed by atoms with Gasteiger partial charge in [-0.3, -0.25) is 14.2 Å². The number of aryl methyl sites for hydroxylation is 4. The van der Waals surface area contributed by atoms with Crippen LogP contribution >= 0.6 is 31.9 Å². The van der Waals surface area contributed by atoms with E-state index in [1.54, 1.807) is 55.4 Å². The standard InChI is InChI=1S/C19H17BrF2N4O.C11H12F2N4.C8H7BrO2/c1-12-3-4-13(7-16(12)20)19(27)26(10-18-23-11-25(2)24-18)9-14-5-6-15(21)8-17(14)22;1-17-7-15-11(16-17)6-14-5-8-2-3-9(12)4-10(8)13;1-5-4-6(8(10)11)2-3-7(5)9/h3-8,11H,9-10H2,1-2H3;2-4,7,14H,5-6H2,1H3;2-4H,1H3,(H,10,11). The molecule has 0 aliphatic heterocycles. The lowest BCUT2D eigenvalue weighted by molar-refractivity contribution is 0.0694. The van der Waals surface area contributed by atoms with Crippen LogP contribution in [0.25, 0.3) is 0 Å². The first kappa shape index (κ1) is 42.5.